The van der Waals surface area contributed by atoms with Crippen LogP contribution in [0, 0.1) is 12.3 Å². The lowest BCUT2D eigenvalue weighted by Crippen LogP contribution is -2.36. The minimum atomic E-state index is -0.567. The first-order valence-electron chi connectivity index (χ1n) is 7.23. The number of hydrogen-bond donors (Lipinski definition) is 1. The van der Waals surface area contributed by atoms with Gasteiger partial charge in [-0.15, -0.1) is 6.42 Å². The highest BCUT2D eigenvalue weighted by atomic mass is 16.5. The summed E-state index contributed by atoms with van der Waals surface area (Å²) in [7, 11) is 0. The van der Waals surface area contributed by atoms with Gasteiger partial charge in [-0.1, -0.05) is 37.3 Å². The first-order chi connectivity index (χ1) is 10.2. The van der Waals surface area contributed by atoms with Gasteiger partial charge in [0.2, 0.25) is 0 Å². The Labute approximate surface area is 124 Å². The number of terminal acetylenes is 1. The van der Waals surface area contributed by atoms with E-state index < -0.39 is 5.97 Å². The second kappa shape index (κ2) is 7.49. The van der Waals surface area contributed by atoms with E-state index in [4.69, 9.17) is 11.2 Å². The third-order valence-electron chi connectivity index (χ3n) is 3.62. The summed E-state index contributed by atoms with van der Waals surface area (Å²) < 4.78 is 4.90. The molecule has 0 atom stereocenters. The van der Waals surface area contributed by atoms with E-state index in [9.17, 15) is 9.59 Å². The quantitative estimate of drug-likeness (QED) is 0.683. The molecule has 1 amide bonds. The van der Waals surface area contributed by atoms with Crippen LogP contribution in [0.25, 0.3) is 0 Å². The van der Waals surface area contributed by atoms with Crippen LogP contribution in [0.3, 0.4) is 0 Å². The Morgan fingerprint density at radius 3 is 2.52 bits per heavy atom. The Balaban J connectivity index is 2.09. The number of benzene rings is 1. The van der Waals surface area contributed by atoms with E-state index in [0.717, 1.165) is 25.7 Å². The van der Waals surface area contributed by atoms with Crippen molar-refractivity contribution in [2.24, 2.45) is 0 Å². The van der Waals surface area contributed by atoms with Gasteiger partial charge in [-0.05, 0) is 25.0 Å². The van der Waals surface area contributed by atoms with E-state index >= 15 is 0 Å². The fourth-order valence-corrected chi connectivity index (χ4v) is 2.55. The second-order valence-corrected chi connectivity index (χ2v) is 5.13. The molecule has 0 unspecified atom stereocenters. The third-order valence-corrected chi connectivity index (χ3v) is 3.62. The summed E-state index contributed by atoms with van der Waals surface area (Å²) >= 11 is 0. The largest absolute Gasteiger partial charge is 0.449 e. The molecule has 0 spiro atoms. The normalized spacial score (nSPS) is 15.0. The summed E-state index contributed by atoms with van der Waals surface area (Å²) in [6.07, 6.45) is 10.6. The molecular formula is C17H19NO3. The minimum Gasteiger partial charge on any atom is -0.449 e. The number of amides is 1. The van der Waals surface area contributed by atoms with Crippen LogP contribution in [-0.2, 0) is 4.74 Å². The Kier molecular flexibility index (Phi) is 5.39. The fraction of sp³-hybridized carbons (Fsp3) is 0.412. The van der Waals surface area contributed by atoms with Crippen LogP contribution in [-0.4, -0.2) is 24.5 Å². The number of nitrogens with one attached hydrogen (secondary N) is 1. The zero-order valence-electron chi connectivity index (χ0n) is 11.9. The Morgan fingerprint density at radius 1 is 1.19 bits per heavy atom. The SMILES string of the molecule is C#CCOC(=O)c1ccccc1C(=O)NC1CCCCC1. The highest BCUT2D eigenvalue weighted by Gasteiger charge is 2.21. The van der Waals surface area contributed by atoms with Crippen molar-refractivity contribution in [1.82, 2.24) is 5.32 Å². The average molecular weight is 285 g/mol. The molecule has 0 bridgehead atoms. The van der Waals surface area contributed by atoms with E-state index in [1.807, 2.05) is 0 Å². The summed E-state index contributed by atoms with van der Waals surface area (Å²) in [5.41, 5.74) is 0.589. The average Bonchev–Trinajstić information content (AvgIpc) is 2.53. The molecule has 1 N–H and O–H groups in total. The highest BCUT2D eigenvalue weighted by molar-refractivity contribution is 6.05. The predicted molar refractivity (Wildman–Crippen MR) is 79.9 cm³/mol. The van der Waals surface area contributed by atoms with Crippen LogP contribution < -0.4 is 5.32 Å². The molecule has 0 heterocycles. The van der Waals surface area contributed by atoms with Crippen molar-refractivity contribution in [3.05, 3.63) is 35.4 Å². The molecule has 1 fully saturated rings. The molecule has 1 aromatic carbocycles. The third kappa shape index (κ3) is 4.09. The van der Waals surface area contributed by atoms with Crippen LogP contribution >= 0.6 is 0 Å². The van der Waals surface area contributed by atoms with E-state index in [1.165, 1.54) is 6.42 Å². The lowest BCUT2D eigenvalue weighted by Gasteiger charge is -2.23. The summed E-state index contributed by atoms with van der Waals surface area (Å²) in [5, 5.41) is 3.00. The van der Waals surface area contributed by atoms with E-state index in [1.54, 1.807) is 24.3 Å². The molecule has 1 aliphatic carbocycles. The van der Waals surface area contributed by atoms with Crippen LogP contribution in [0.15, 0.2) is 24.3 Å². The lowest BCUT2D eigenvalue weighted by molar-refractivity contribution is 0.0552. The summed E-state index contributed by atoms with van der Waals surface area (Å²) in [5.74, 6) is 1.45. The zero-order valence-corrected chi connectivity index (χ0v) is 11.9. The Bertz CT molecular complexity index is 553. The number of rotatable bonds is 4. The van der Waals surface area contributed by atoms with Gasteiger partial charge in [-0.25, -0.2) is 4.79 Å². The number of carbonyl (C=O) groups is 2. The smallest absolute Gasteiger partial charge is 0.339 e. The van der Waals surface area contributed by atoms with Gasteiger partial charge < -0.3 is 10.1 Å². The molecule has 4 nitrogen and oxygen atoms in total. The molecule has 110 valence electrons. The topological polar surface area (TPSA) is 55.4 Å². The van der Waals surface area contributed by atoms with Crippen LogP contribution in [0.5, 0.6) is 0 Å². The van der Waals surface area contributed by atoms with E-state index in [-0.39, 0.29) is 24.1 Å². The lowest BCUT2D eigenvalue weighted by atomic mass is 9.95. The van der Waals surface area contributed by atoms with E-state index in [2.05, 4.69) is 11.2 Å². The summed E-state index contributed by atoms with van der Waals surface area (Å²) in [4.78, 5) is 24.3. The van der Waals surface area contributed by atoms with Gasteiger partial charge in [0, 0.05) is 6.04 Å². The van der Waals surface area contributed by atoms with Gasteiger partial charge in [-0.3, -0.25) is 4.79 Å². The number of ether oxygens (including phenoxy) is 1. The molecule has 0 radical (unpaired) electrons. The molecule has 0 aliphatic heterocycles. The number of carbonyl (C=O) groups excluding carboxylic acids is 2. The molecule has 4 heteroatoms. The van der Waals surface area contributed by atoms with Gasteiger partial charge in [-0.2, -0.15) is 0 Å². The first kappa shape index (κ1) is 15.1. The van der Waals surface area contributed by atoms with Crippen molar-refractivity contribution in [2.75, 3.05) is 6.61 Å². The van der Waals surface area contributed by atoms with Crippen molar-refractivity contribution in [3.63, 3.8) is 0 Å². The Hall–Kier alpha value is -2.28. The maximum Gasteiger partial charge on any atom is 0.339 e. The van der Waals surface area contributed by atoms with Gasteiger partial charge in [0.15, 0.2) is 6.61 Å². The second-order valence-electron chi connectivity index (χ2n) is 5.13. The fourth-order valence-electron chi connectivity index (χ4n) is 2.55. The maximum atomic E-state index is 12.4. The molecular weight excluding hydrogens is 266 g/mol. The highest BCUT2D eigenvalue weighted by Crippen LogP contribution is 2.18. The molecule has 1 aromatic rings. The van der Waals surface area contributed by atoms with Crippen LogP contribution in [0.2, 0.25) is 0 Å². The maximum absolute atomic E-state index is 12.4. The van der Waals surface area contributed by atoms with Crippen molar-refractivity contribution in [1.29, 1.82) is 0 Å². The summed E-state index contributed by atoms with van der Waals surface area (Å²) in [6.45, 7) is -0.0998. The van der Waals surface area contributed by atoms with Crippen molar-refractivity contribution in [3.8, 4) is 12.3 Å². The van der Waals surface area contributed by atoms with E-state index in [0.29, 0.717) is 5.56 Å². The van der Waals surface area contributed by atoms with Crippen molar-refractivity contribution in [2.45, 2.75) is 38.1 Å². The van der Waals surface area contributed by atoms with Crippen LogP contribution in [0.1, 0.15) is 52.8 Å². The van der Waals surface area contributed by atoms with Crippen molar-refractivity contribution < 1.29 is 14.3 Å². The van der Waals surface area contributed by atoms with Gasteiger partial charge in [0.05, 0.1) is 11.1 Å². The van der Waals surface area contributed by atoms with Gasteiger partial charge in [0.25, 0.3) is 5.91 Å². The van der Waals surface area contributed by atoms with Gasteiger partial charge in [0.1, 0.15) is 0 Å². The summed E-state index contributed by atoms with van der Waals surface area (Å²) in [6, 6.07) is 6.83. The van der Waals surface area contributed by atoms with Crippen LogP contribution in [0.4, 0.5) is 0 Å². The van der Waals surface area contributed by atoms with Gasteiger partial charge >= 0.3 is 5.97 Å². The standard InChI is InChI=1S/C17H19NO3/c1-2-12-21-17(20)15-11-7-6-10-14(15)16(19)18-13-8-4-3-5-9-13/h1,6-7,10-11,13H,3-5,8-9,12H2,(H,18,19). The molecule has 0 aromatic heterocycles. The molecule has 1 aliphatic rings. The number of esters is 1. The molecule has 21 heavy (non-hydrogen) atoms. The predicted octanol–water partition coefficient (Wildman–Crippen LogP) is 2.54. The minimum absolute atomic E-state index is 0.0998. The number of hydrogen-bond acceptors (Lipinski definition) is 3. The zero-order chi connectivity index (χ0) is 15.1. The first-order valence-corrected chi connectivity index (χ1v) is 7.23. The van der Waals surface area contributed by atoms with Crippen molar-refractivity contribution >= 4 is 11.9 Å². The Morgan fingerprint density at radius 2 is 1.86 bits per heavy atom. The molecule has 2 rings (SSSR count). The molecule has 1 saturated carbocycles. The monoisotopic (exact) mass is 285 g/mol. The molecule has 0 saturated heterocycles.